The number of benzene rings is 1. The Labute approximate surface area is 115 Å². The molecule has 0 amide bonds. The summed E-state index contributed by atoms with van der Waals surface area (Å²) in [5, 5.41) is 18.8. The lowest BCUT2D eigenvalue weighted by atomic mass is 10.2. The van der Waals surface area contributed by atoms with Crippen LogP contribution < -0.4 is 0 Å². The molecule has 1 aromatic rings. The molecule has 0 aliphatic heterocycles. The fraction of sp³-hybridized carbons (Fsp3) is 0.364. The smallest absolute Gasteiger partial charge is 0.258 e. The molecule has 0 radical (unpaired) electrons. The second-order valence-electron chi connectivity index (χ2n) is 3.88. The molecular formula is C11H11ClN2O4S. The Morgan fingerprint density at radius 3 is 2.63 bits per heavy atom. The minimum atomic E-state index is -3.68. The fourth-order valence-corrected chi connectivity index (χ4v) is 3.36. The molecule has 8 heteroatoms. The average Bonchev–Trinajstić information content (AvgIpc) is 2.38. The van der Waals surface area contributed by atoms with Crippen molar-refractivity contribution in [2.45, 2.75) is 23.5 Å². The second-order valence-corrected chi connectivity index (χ2v) is 6.63. The number of nitrogens with zero attached hydrogens (tertiary/aromatic N) is 2. The minimum Gasteiger partial charge on any atom is -0.258 e. The number of halogens is 1. The van der Waals surface area contributed by atoms with Crippen LogP contribution in [0.4, 0.5) is 5.69 Å². The first-order chi connectivity index (χ1) is 8.84. The molecule has 0 bridgehead atoms. The summed E-state index contributed by atoms with van der Waals surface area (Å²) < 4.78 is 24.3. The van der Waals surface area contributed by atoms with E-state index in [4.69, 9.17) is 16.9 Å². The van der Waals surface area contributed by atoms with Gasteiger partial charge in [-0.15, -0.1) is 11.6 Å². The first-order valence-electron chi connectivity index (χ1n) is 5.33. The van der Waals surface area contributed by atoms with Crippen LogP contribution in [-0.4, -0.2) is 24.5 Å². The maximum atomic E-state index is 12.1. The molecule has 0 N–H and O–H groups in total. The van der Waals surface area contributed by atoms with Gasteiger partial charge in [0.15, 0.2) is 9.84 Å². The number of rotatable bonds is 5. The number of hydrogen-bond donors (Lipinski definition) is 0. The van der Waals surface area contributed by atoms with Crippen molar-refractivity contribution in [1.29, 1.82) is 5.26 Å². The molecule has 0 aromatic heterocycles. The summed E-state index contributed by atoms with van der Waals surface area (Å²) in [6, 6.07) is 4.91. The van der Waals surface area contributed by atoms with Gasteiger partial charge in [0, 0.05) is 11.9 Å². The number of sulfone groups is 1. The maximum absolute atomic E-state index is 12.1. The first-order valence-corrected chi connectivity index (χ1v) is 7.41. The summed E-state index contributed by atoms with van der Waals surface area (Å²) in [5.74, 6) is 0.179. The van der Waals surface area contributed by atoms with Gasteiger partial charge in [0.05, 0.1) is 15.1 Å². The summed E-state index contributed by atoms with van der Waals surface area (Å²) in [7, 11) is -3.68. The van der Waals surface area contributed by atoms with Crippen LogP contribution in [0.1, 0.15) is 18.9 Å². The molecule has 1 rings (SSSR count). The van der Waals surface area contributed by atoms with E-state index in [1.165, 1.54) is 13.0 Å². The highest BCUT2D eigenvalue weighted by molar-refractivity contribution is 7.92. The monoisotopic (exact) mass is 302 g/mol. The van der Waals surface area contributed by atoms with Gasteiger partial charge in [0.1, 0.15) is 11.6 Å². The number of hydrogen-bond acceptors (Lipinski definition) is 5. The summed E-state index contributed by atoms with van der Waals surface area (Å²) >= 11 is 5.50. The molecule has 0 saturated heterocycles. The zero-order chi connectivity index (χ0) is 14.6. The van der Waals surface area contributed by atoms with Crippen LogP contribution in [0, 0.1) is 21.4 Å². The number of alkyl halides is 1. The van der Waals surface area contributed by atoms with E-state index in [1.807, 2.05) is 0 Å². The Morgan fingerprint density at radius 1 is 1.53 bits per heavy atom. The van der Waals surface area contributed by atoms with E-state index < -0.39 is 25.7 Å². The lowest BCUT2D eigenvalue weighted by molar-refractivity contribution is -0.385. The minimum absolute atomic E-state index is 0.171. The van der Waals surface area contributed by atoms with Gasteiger partial charge in [-0.05, 0) is 25.5 Å². The summed E-state index contributed by atoms with van der Waals surface area (Å²) in [4.78, 5) is 9.85. The molecule has 0 saturated carbocycles. The van der Waals surface area contributed by atoms with Gasteiger partial charge >= 0.3 is 0 Å². The summed E-state index contributed by atoms with van der Waals surface area (Å²) in [6.07, 6.45) is 0.248. The lowest BCUT2D eigenvalue weighted by Crippen LogP contribution is -2.18. The van der Waals surface area contributed by atoms with Gasteiger partial charge in [-0.3, -0.25) is 10.1 Å². The Morgan fingerprint density at radius 2 is 2.16 bits per heavy atom. The molecule has 0 aliphatic carbocycles. The normalized spacial score (nSPS) is 12.7. The SMILES string of the molecule is CC(CCCl)S(=O)(=O)c1ccc(C#N)c([N+](=O)[O-])c1. The number of nitriles is 1. The van der Waals surface area contributed by atoms with Crippen molar-refractivity contribution in [1.82, 2.24) is 0 Å². The average molecular weight is 303 g/mol. The molecule has 1 atom stereocenters. The molecule has 6 nitrogen and oxygen atoms in total. The fourth-order valence-electron chi connectivity index (χ4n) is 1.48. The van der Waals surface area contributed by atoms with Crippen LogP contribution in [-0.2, 0) is 9.84 Å². The Hall–Kier alpha value is -1.65. The number of nitro groups is 1. The van der Waals surface area contributed by atoms with Crippen LogP contribution in [0.5, 0.6) is 0 Å². The molecule has 19 heavy (non-hydrogen) atoms. The van der Waals surface area contributed by atoms with Crippen LogP contribution >= 0.6 is 11.6 Å². The standard InChI is InChI=1S/C11H11ClN2O4S/c1-8(4-5-12)19(17,18)10-3-2-9(7-13)11(6-10)14(15)16/h2-3,6,8H,4-5H2,1H3. The van der Waals surface area contributed by atoms with Crippen molar-refractivity contribution in [3.05, 3.63) is 33.9 Å². The van der Waals surface area contributed by atoms with Crippen LogP contribution in [0.15, 0.2) is 23.1 Å². The quantitative estimate of drug-likeness (QED) is 0.471. The molecule has 0 fully saturated rings. The topological polar surface area (TPSA) is 101 Å². The number of nitro benzene ring substituents is 1. The van der Waals surface area contributed by atoms with E-state index in [1.54, 1.807) is 6.07 Å². The van der Waals surface area contributed by atoms with Crippen LogP contribution in [0.25, 0.3) is 0 Å². The van der Waals surface area contributed by atoms with E-state index >= 15 is 0 Å². The van der Waals surface area contributed by atoms with E-state index in [0.29, 0.717) is 0 Å². The van der Waals surface area contributed by atoms with E-state index in [2.05, 4.69) is 0 Å². The van der Waals surface area contributed by atoms with Gasteiger partial charge in [-0.2, -0.15) is 5.26 Å². The molecule has 1 unspecified atom stereocenters. The van der Waals surface area contributed by atoms with Crippen molar-refractivity contribution < 1.29 is 13.3 Å². The second kappa shape index (κ2) is 5.99. The predicted molar refractivity (Wildman–Crippen MR) is 69.8 cm³/mol. The lowest BCUT2D eigenvalue weighted by Gasteiger charge is -2.11. The highest BCUT2D eigenvalue weighted by atomic mass is 35.5. The van der Waals surface area contributed by atoms with E-state index in [-0.39, 0.29) is 22.8 Å². The predicted octanol–water partition coefficient (Wildman–Crippen LogP) is 2.26. The molecular weight excluding hydrogens is 292 g/mol. The van der Waals surface area contributed by atoms with Gasteiger partial charge < -0.3 is 0 Å². The van der Waals surface area contributed by atoms with Gasteiger partial charge in [0.2, 0.25) is 0 Å². The third kappa shape index (κ3) is 3.22. The Bertz CT molecular complexity index is 637. The molecule has 0 aliphatic rings. The van der Waals surface area contributed by atoms with Gasteiger partial charge in [0.25, 0.3) is 5.69 Å². The van der Waals surface area contributed by atoms with Gasteiger partial charge in [-0.25, -0.2) is 8.42 Å². The Kier molecular flexibility index (Phi) is 4.86. The third-order valence-corrected chi connectivity index (χ3v) is 5.08. The summed E-state index contributed by atoms with van der Waals surface area (Å²) in [5.41, 5.74) is -0.685. The molecule has 1 aromatic carbocycles. The van der Waals surface area contributed by atoms with E-state index in [9.17, 15) is 18.5 Å². The van der Waals surface area contributed by atoms with Crippen molar-refractivity contribution in [3.8, 4) is 6.07 Å². The zero-order valence-corrected chi connectivity index (χ0v) is 11.6. The third-order valence-electron chi connectivity index (χ3n) is 2.66. The van der Waals surface area contributed by atoms with Crippen LogP contribution in [0.2, 0.25) is 0 Å². The van der Waals surface area contributed by atoms with E-state index in [0.717, 1.165) is 12.1 Å². The van der Waals surface area contributed by atoms with Crippen molar-refractivity contribution >= 4 is 27.1 Å². The highest BCUT2D eigenvalue weighted by Gasteiger charge is 2.26. The molecule has 102 valence electrons. The van der Waals surface area contributed by atoms with Crippen LogP contribution in [0.3, 0.4) is 0 Å². The molecule has 0 heterocycles. The highest BCUT2D eigenvalue weighted by Crippen LogP contribution is 2.25. The first kappa shape index (κ1) is 15.4. The summed E-state index contributed by atoms with van der Waals surface area (Å²) in [6.45, 7) is 1.49. The molecule has 0 spiro atoms. The maximum Gasteiger partial charge on any atom is 0.288 e. The van der Waals surface area contributed by atoms with Gasteiger partial charge in [-0.1, -0.05) is 0 Å². The van der Waals surface area contributed by atoms with Crippen molar-refractivity contribution in [3.63, 3.8) is 0 Å². The van der Waals surface area contributed by atoms with Crippen molar-refractivity contribution in [2.75, 3.05) is 5.88 Å². The Balaban J connectivity index is 3.34. The zero-order valence-electron chi connectivity index (χ0n) is 10.0. The van der Waals surface area contributed by atoms with Crippen molar-refractivity contribution in [2.24, 2.45) is 0 Å². The largest absolute Gasteiger partial charge is 0.288 e.